The van der Waals surface area contributed by atoms with Crippen molar-refractivity contribution in [2.45, 2.75) is 76.5 Å². The summed E-state index contributed by atoms with van der Waals surface area (Å²) < 4.78 is 8.04. The lowest BCUT2D eigenvalue weighted by Crippen LogP contribution is -2.40. The zero-order valence-corrected chi connectivity index (χ0v) is 13.2. The van der Waals surface area contributed by atoms with Crippen LogP contribution in [0.1, 0.15) is 63.6 Å². The molecule has 0 aromatic carbocycles. The highest BCUT2D eigenvalue weighted by molar-refractivity contribution is 5.04. The molecule has 3 rings (SSSR count). The Morgan fingerprint density at radius 2 is 2.05 bits per heavy atom. The first kappa shape index (κ1) is 15.0. The minimum Gasteiger partial charge on any atom is -0.377 e. The molecular weight excluding hydrogens is 262 g/mol. The Bertz CT molecular complexity index is 435. The van der Waals surface area contributed by atoms with E-state index in [9.17, 15) is 0 Å². The van der Waals surface area contributed by atoms with Crippen molar-refractivity contribution in [2.24, 2.45) is 11.7 Å². The van der Waals surface area contributed by atoms with E-state index in [-0.39, 0.29) is 12.1 Å². The molecule has 2 saturated carbocycles. The van der Waals surface area contributed by atoms with Crippen molar-refractivity contribution in [1.82, 2.24) is 9.78 Å². The summed E-state index contributed by atoms with van der Waals surface area (Å²) in [5.41, 5.74) is 7.51. The largest absolute Gasteiger partial charge is 0.377 e. The van der Waals surface area contributed by atoms with E-state index in [2.05, 4.69) is 23.9 Å². The van der Waals surface area contributed by atoms with Crippen molar-refractivity contribution in [3.8, 4) is 0 Å². The molecule has 2 fully saturated rings. The number of hydrogen-bond acceptors (Lipinski definition) is 3. The predicted molar refractivity (Wildman–Crippen MR) is 84.2 cm³/mol. The van der Waals surface area contributed by atoms with E-state index >= 15 is 0 Å². The molecule has 4 nitrogen and oxygen atoms in total. The molecule has 0 bridgehead atoms. The maximum absolute atomic E-state index is 6.39. The van der Waals surface area contributed by atoms with Crippen LogP contribution in [0.2, 0.25) is 0 Å². The smallest absolute Gasteiger partial charge is 0.0757 e. The summed E-state index contributed by atoms with van der Waals surface area (Å²) in [4.78, 5) is 0. The van der Waals surface area contributed by atoms with E-state index in [4.69, 9.17) is 15.6 Å². The number of rotatable bonds is 7. The molecular formula is C17H29N3O. The van der Waals surface area contributed by atoms with Gasteiger partial charge in [-0.15, -0.1) is 0 Å². The lowest BCUT2D eigenvalue weighted by molar-refractivity contribution is 0.0285. The Morgan fingerprint density at radius 3 is 2.71 bits per heavy atom. The van der Waals surface area contributed by atoms with E-state index in [0.717, 1.165) is 18.7 Å². The molecule has 0 radical (unpaired) electrons. The summed E-state index contributed by atoms with van der Waals surface area (Å²) in [5, 5.41) is 4.78. The van der Waals surface area contributed by atoms with E-state index in [0.29, 0.717) is 12.0 Å². The summed E-state index contributed by atoms with van der Waals surface area (Å²) in [6.45, 7) is 2.81. The number of hydrogen-bond donors (Lipinski definition) is 1. The Labute approximate surface area is 128 Å². The van der Waals surface area contributed by atoms with E-state index < -0.39 is 0 Å². The molecule has 0 spiro atoms. The molecule has 1 aromatic rings. The molecule has 0 saturated heterocycles. The second-order valence-corrected chi connectivity index (χ2v) is 6.70. The predicted octanol–water partition coefficient (Wildman–Crippen LogP) is 3.07. The van der Waals surface area contributed by atoms with Crippen molar-refractivity contribution in [3.63, 3.8) is 0 Å². The zero-order valence-electron chi connectivity index (χ0n) is 13.2. The topological polar surface area (TPSA) is 53.1 Å². The molecule has 2 aliphatic carbocycles. The first-order valence-corrected chi connectivity index (χ1v) is 8.69. The molecule has 2 atom stereocenters. The third kappa shape index (κ3) is 3.86. The third-order valence-corrected chi connectivity index (χ3v) is 4.92. The van der Waals surface area contributed by atoms with Crippen LogP contribution in [0.3, 0.4) is 0 Å². The fraction of sp³-hybridized carbons (Fsp3) is 0.824. The van der Waals surface area contributed by atoms with Crippen LogP contribution >= 0.6 is 0 Å². The zero-order chi connectivity index (χ0) is 14.7. The van der Waals surface area contributed by atoms with Crippen molar-refractivity contribution in [3.05, 3.63) is 18.0 Å². The Morgan fingerprint density at radius 1 is 1.29 bits per heavy atom. The van der Waals surface area contributed by atoms with Gasteiger partial charge in [-0.05, 0) is 44.6 Å². The minimum absolute atomic E-state index is 0.0761. The summed E-state index contributed by atoms with van der Waals surface area (Å²) in [7, 11) is 0. The second-order valence-electron chi connectivity index (χ2n) is 6.70. The first-order valence-electron chi connectivity index (χ1n) is 8.69. The maximum atomic E-state index is 6.39. The standard InChI is InChI=1S/C17H29N3O/c1-2-21-17(13-8-9-13)16(18)12-14-10-11-20(19-14)15-6-4-3-5-7-15/h10-11,13,15-17H,2-9,12,18H2,1H3. The van der Waals surface area contributed by atoms with Gasteiger partial charge in [0.2, 0.25) is 0 Å². The van der Waals surface area contributed by atoms with E-state index in [1.807, 2.05) is 0 Å². The Balaban J connectivity index is 1.57. The van der Waals surface area contributed by atoms with Crippen molar-refractivity contribution in [2.75, 3.05) is 6.61 Å². The first-order chi connectivity index (χ1) is 10.3. The quantitative estimate of drug-likeness (QED) is 0.840. The summed E-state index contributed by atoms with van der Waals surface area (Å²) >= 11 is 0. The molecule has 4 heteroatoms. The lowest BCUT2D eigenvalue weighted by Gasteiger charge is -2.23. The van der Waals surface area contributed by atoms with Gasteiger partial charge < -0.3 is 10.5 Å². The highest BCUT2D eigenvalue weighted by atomic mass is 16.5. The monoisotopic (exact) mass is 291 g/mol. The molecule has 1 aromatic heterocycles. The number of nitrogens with zero attached hydrogens (tertiary/aromatic N) is 2. The van der Waals surface area contributed by atoms with Gasteiger partial charge in [-0.25, -0.2) is 0 Å². The van der Waals surface area contributed by atoms with E-state index in [1.54, 1.807) is 0 Å². The lowest BCUT2D eigenvalue weighted by atomic mass is 9.96. The van der Waals surface area contributed by atoms with Gasteiger partial charge in [0.25, 0.3) is 0 Å². The number of aromatic nitrogens is 2. The molecule has 2 unspecified atom stereocenters. The van der Waals surface area contributed by atoms with Crippen molar-refractivity contribution < 1.29 is 4.74 Å². The highest BCUT2D eigenvalue weighted by Gasteiger charge is 2.36. The molecule has 21 heavy (non-hydrogen) atoms. The SMILES string of the molecule is CCOC(C(N)Cc1ccn(C2CCCCC2)n1)C1CC1. The average Bonchev–Trinajstić information content (AvgIpc) is 3.24. The van der Waals surface area contributed by atoms with Gasteiger partial charge in [-0.3, -0.25) is 4.68 Å². The van der Waals surface area contributed by atoms with Crippen molar-refractivity contribution >= 4 is 0 Å². The van der Waals surface area contributed by atoms with Crippen LogP contribution in [0, 0.1) is 5.92 Å². The average molecular weight is 291 g/mol. The van der Waals surface area contributed by atoms with Gasteiger partial charge in [0, 0.05) is 25.3 Å². The van der Waals surface area contributed by atoms with Crippen molar-refractivity contribution in [1.29, 1.82) is 0 Å². The molecule has 1 heterocycles. The Hall–Kier alpha value is -0.870. The van der Waals surface area contributed by atoms with Crippen LogP contribution in [0.25, 0.3) is 0 Å². The molecule has 0 aliphatic heterocycles. The molecule has 118 valence electrons. The minimum atomic E-state index is 0.0761. The fourth-order valence-corrected chi connectivity index (χ4v) is 3.62. The number of nitrogens with two attached hydrogens (primary N) is 1. The van der Waals surface area contributed by atoms with Gasteiger partial charge in [0.1, 0.15) is 0 Å². The van der Waals surface area contributed by atoms with Crippen LogP contribution in [0.5, 0.6) is 0 Å². The maximum Gasteiger partial charge on any atom is 0.0757 e. The van der Waals surface area contributed by atoms with Crippen LogP contribution in [0.4, 0.5) is 0 Å². The highest BCUT2D eigenvalue weighted by Crippen LogP contribution is 2.36. The summed E-state index contributed by atoms with van der Waals surface area (Å²) in [6, 6.07) is 2.83. The molecule has 2 aliphatic rings. The summed E-state index contributed by atoms with van der Waals surface area (Å²) in [5.74, 6) is 0.681. The normalized spacial score (nSPS) is 23.1. The van der Waals surface area contributed by atoms with Crippen LogP contribution in [-0.4, -0.2) is 28.5 Å². The van der Waals surface area contributed by atoms with Crippen LogP contribution in [0.15, 0.2) is 12.3 Å². The van der Waals surface area contributed by atoms with Gasteiger partial charge in [-0.1, -0.05) is 19.3 Å². The van der Waals surface area contributed by atoms with E-state index in [1.165, 1.54) is 44.9 Å². The van der Waals surface area contributed by atoms with Crippen LogP contribution < -0.4 is 5.73 Å². The Kier molecular flexibility index (Phi) is 4.96. The molecule has 0 amide bonds. The van der Waals surface area contributed by atoms with Crippen LogP contribution in [-0.2, 0) is 11.2 Å². The number of ether oxygens (including phenoxy) is 1. The summed E-state index contributed by atoms with van der Waals surface area (Å²) in [6.07, 6.45) is 12.4. The fourth-order valence-electron chi connectivity index (χ4n) is 3.62. The second kappa shape index (κ2) is 6.93. The van der Waals surface area contributed by atoms with Gasteiger partial charge in [0.15, 0.2) is 0 Å². The molecule has 2 N–H and O–H groups in total. The van der Waals surface area contributed by atoms with Gasteiger partial charge in [-0.2, -0.15) is 5.10 Å². The van der Waals surface area contributed by atoms with Gasteiger partial charge >= 0.3 is 0 Å². The van der Waals surface area contributed by atoms with Gasteiger partial charge in [0.05, 0.1) is 17.8 Å². The third-order valence-electron chi connectivity index (χ3n) is 4.92.